The largest absolute Gasteiger partial charge is 0.349 e. The summed E-state index contributed by atoms with van der Waals surface area (Å²) >= 11 is 0. The Hall–Kier alpha value is -1.35. The molecular weight excluding hydrogens is 272 g/mol. The zero-order chi connectivity index (χ0) is 15.2. The molecule has 118 valence electrons. The van der Waals surface area contributed by atoms with Gasteiger partial charge in [-0.1, -0.05) is 24.3 Å². The van der Waals surface area contributed by atoms with Crippen molar-refractivity contribution in [1.29, 1.82) is 0 Å². The number of amides is 1. The van der Waals surface area contributed by atoms with Crippen molar-refractivity contribution in [3.05, 3.63) is 35.4 Å². The maximum Gasteiger partial charge on any atom is 0.227 e. The molecule has 3 aliphatic rings. The number of aryl methyl sites for hydroxylation is 1. The van der Waals surface area contributed by atoms with Crippen molar-refractivity contribution in [2.24, 2.45) is 5.41 Å². The smallest absolute Gasteiger partial charge is 0.227 e. The summed E-state index contributed by atoms with van der Waals surface area (Å²) in [6.07, 6.45) is 6.65. The third-order valence-electron chi connectivity index (χ3n) is 5.83. The second-order valence-corrected chi connectivity index (χ2v) is 7.75. The van der Waals surface area contributed by atoms with Crippen molar-refractivity contribution < 1.29 is 4.79 Å². The van der Waals surface area contributed by atoms with E-state index < -0.39 is 0 Å². The Morgan fingerprint density at radius 1 is 1.18 bits per heavy atom. The van der Waals surface area contributed by atoms with Gasteiger partial charge in [0.1, 0.15) is 0 Å². The molecule has 2 saturated carbocycles. The number of benzene rings is 1. The van der Waals surface area contributed by atoms with E-state index >= 15 is 0 Å². The molecule has 1 aromatic carbocycles. The first-order valence-electron chi connectivity index (χ1n) is 8.71. The van der Waals surface area contributed by atoms with Crippen LogP contribution in [-0.4, -0.2) is 36.0 Å². The van der Waals surface area contributed by atoms with E-state index in [4.69, 9.17) is 0 Å². The van der Waals surface area contributed by atoms with Crippen LogP contribution in [0.15, 0.2) is 24.3 Å². The summed E-state index contributed by atoms with van der Waals surface area (Å²) in [5.41, 5.74) is 2.64. The van der Waals surface area contributed by atoms with E-state index in [2.05, 4.69) is 41.4 Å². The van der Waals surface area contributed by atoms with Crippen LogP contribution in [0.5, 0.6) is 0 Å². The first-order chi connectivity index (χ1) is 10.6. The maximum absolute atomic E-state index is 12.9. The number of carbonyl (C=O) groups excluding carboxylic acids is 1. The van der Waals surface area contributed by atoms with Gasteiger partial charge in [-0.3, -0.25) is 4.79 Å². The number of rotatable bonds is 6. The highest BCUT2D eigenvalue weighted by molar-refractivity contribution is 5.86. The molecule has 0 radical (unpaired) electrons. The van der Waals surface area contributed by atoms with Crippen LogP contribution >= 0.6 is 0 Å². The van der Waals surface area contributed by atoms with Gasteiger partial charge in [-0.25, -0.2) is 0 Å². The summed E-state index contributed by atoms with van der Waals surface area (Å²) in [5.74, 6) is 0.314. The van der Waals surface area contributed by atoms with Crippen LogP contribution < -0.4 is 5.32 Å². The van der Waals surface area contributed by atoms with Gasteiger partial charge in [0, 0.05) is 6.54 Å². The lowest BCUT2D eigenvalue weighted by Gasteiger charge is -2.35. The van der Waals surface area contributed by atoms with Gasteiger partial charge in [-0.2, -0.15) is 0 Å². The van der Waals surface area contributed by atoms with Gasteiger partial charge in [0.15, 0.2) is 0 Å². The van der Waals surface area contributed by atoms with Crippen molar-refractivity contribution in [3.63, 3.8) is 0 Å². The van der Waals surface area contributed by atoms with Crippen LogP contribution in [0, 0.1) is 12.3 Å². The Morgan fingerprint density at radius 2 is 1.91 bits per heavy atom. The lowest BCUT2D eigenvalue weighted by molar-refractivity contribution is -0.127. The van der Waals surface area contributed by atoms with Crippen LogP contribution in [-0.2, 0) is 11.2 Å². The molecule has 1 saturated heterocycles. The lowest BCUT2D eigenvalue weighted by atomic mass is 9.92. The van der Waals surface area contributed by atoms with Crippen molar-refractivity contribution >= 4 is 5.91 Å². The molecule has 0 atom stereocenters. The normalized spacial score (nSPS) is 24.4. The van der Waals surface area contributed by atoms with E-state index in [1.54, 1.807) is 0 Å². The van der Waals surface area contributed by atoms with Gasteiger partial charge < -0.3 is 10.2 Å². The number of hydrogen-bond donors (Lipinski definition) is 1. The minimum absolute atomic E-state index is 0.110. The quantitative estimate of drug-likeness (QED) is 0.876. The van der Waals surface area contributed by atoms with Gasteiger partial charge in [0.2, 0.25) is 5.91 Å². The fourth-order valence-electron chi connectivity index (χ4n) is 3.62. The van der Waals surface area contributed by atoms with Crippen molar-refractivity contribution in [2.75, 3.05) is 19.6 Å². The highest BCUT2D eigenvalue weighted by Crippen LogP contribution is 2.50. The van der Waals surface area contributed by atoms with Crippen molar-refractivity contribution in [3.8, 4) is 0 Å². The monoisotopic (exact) mass is 298 g/mol. The molecular formula is C19H26N2O. The molecule has 3 fully saturated rings. The Balaban J connectivity index is 1.40. The average Bonchev–Trinajstić information content (AvgIpc) is 3.35. The molecule has 1 amide bonds. The van der Waals surface area contributed by atoms with Gasteiger partial charge in [0.05, 0.1) is 11.0 Å². The Bertz CT molecular complexity index is 583. The zero-order valence-electron chi connectivity index (χ0n) is 13.5. The van der Waals surface area contributed by atoms with Crippen LogP contribution in [0.2, 0.25) is 0 Å². The fraction of sp³-hybridized carbons (Fsp3) is 0.632. The predicted octanol–water partition coefficient (Wildman–Crippen LogP) is 2.67. The van der Waals surface area contributed by atoms with E-state index in [0.717, 1.165) is 38.6 Å². The number of nitrogens with zero attached hydrogens (tertiary/aromatic N) is 1. The predicted molar refractivity (Wildman–Crippen MR) is 87.7 cm³/mol. The molecule has 1 aliphatic heterocycles. The summed E-state index contributed by atoms with van der Waals surface area (Å²) < 4.78 is 0. The third kappa shape index (κ3) is 2.67. The standard InChI is InChI=1S/C19H26N2O/c1-15-5-2-3-6-16(15)13-18(7-8-18)17(22)20-19(9-10-19)14-21-11-4-12-21/h2-3,5-6H,4,7-14H2,1H3,(H,20,22). The Kier molecular flexibility index (Phi) is 3.30. The van der Waals surface area contributed by atoms with Crippen LogP contribution in [0.1, 0.15) is 43.2 Å². The first kappa shape index (κ1) is 14.3. The van der Waals surface area contributed by atoms with E-state index in [9.17, 15) is 4.79 Å². The first-order valence-corrected chi connectivity index (χ1v) is 8.71. The van der Waals surface area contributed by atoms with Crippen molar-refractivity contribution in [2.45, 2.75) is 51.0 Å². The molecule has 3 nitrogen and oxygen atoms in total. The SMILES string of the molecule is Cc1ccccc1CC1(C(=O)NC2(CN3CCC3)CC2)CC1. The number of carbonyl (C=O) groups is 1. The number of nitrogens with one attached hydrogen (secondary N) is 1. The summed E-state index contributed by atoms with van der Waals surface area (Å²) in [5, 5.41) is 3.43. The summed E-state index contributed by atoms with van der Waals surface area (Å²) in [4.78, 5) is 15.3. The molecule has 0 aromatic heterocycles. The summed E-state index contributed by atoms with van der Waals surface area (Å²) in [6, 6.07) is 8.48. The second kappa shape index (κ2) is 5.09. The van der Waals surface area contributed by atoms with Crippen molar-refractivity contribution in [1.82, 2.24) is 10.2 Å². The molecule has 0 unspecified atom stereocenters. The van der Waals surface area contributed by atoms with Gasteiger partial charge in [-0.15, -0.1) is 0 Å². The molecule has 1 aromatic rings. The molecule has 0 spiro atoms. The number of likely N-dealkylation sites (tertiary alicyclic amines) is 1. The van der Waals surface area contributed by atoms with Gasteiger partial charge >= 0.3 is 0 Å². The summed E-state index contributed by atoms with van der Waals surface area (Å²) in [7, 11) is 0. The highest BCUT2D eigenvalue weighted by atomic mass is 16.2. The van der Waals surface area contributed by atoms with E-state index in [-0.39, 0.29) is 11.0 Å². The zero-order valence-corrected chi connectivity index (χ0v) is 13.5. The minimum Gasteiger partial charge on any atom is -0.349 e. The maximum atomic E-state index is 12.9. The lowest BCUT2D eigenvalue weighted by Crippen LogP contribution is -2.51. The average molecular weight is 298 g/mol. The minimum atomic E-state index is -0.114. The Morgan fingerprint density at radius 3 is 2.45 bits per heavy atom. The molecule has 4 rings (SSSR count). The second-order valence-electron chi connectivity index (χ2n) is 7.75. The van der Waals surface area contributed by atoms with E-state index in [1.807, 2.05) is 0 Å². The molecule has 2 aliphatic carbocycles. The highest BCUT2D eigenvalue weighted by Gasteiger charge is 2.54. The van der Waals surface area contributed by atoms with Crippen LogP contribution in [0.3, 0.4) is 0 Å². The Labute approximate surface area is 133 Å². The topological polar surface area (TPSA) is 32.3 Å². The van der Waals surface area contributed by atoms with Crippen LogP contribution in [0.25, 0.3) is 0 Å². The summed E-state index contributed by atoms with van der Waals surface area (Å²) in [6.45, 7) is 5.65. The van der Waals surface area contributed by atoms with Gasteiger partial charge in [0.25, 0.3) is 0 Å². The third-order valence-corrected chi connectivity index (χ3v) is 5.83. The molecule has 3 heteroatoms. The molecule has 22 heavy (non-hydrogen) atoms. The van der Waals surface area contributed by atoms with E-state index in [0.29, 0.717) is 5.91 Å². The van der Waals surface area contributed by atoms with E-state index in [1.165, 1.54) is 30.6 Å². The molecule has 1 heterocycles. The fourth-order valence-corrected chi connectivity index (χ4v) is 3.62. The molecule has 0 bridgehead atoms. The van der Waals surface area contributed by atoms with Crippen LogP contribution in [0.4, 0.5) is 0 Å². The number of hydrogen-bond acceptors (Lipinski definition) is 2. The molecule has 1 N–H and O–H groups in total. The van der Waals surface area contributed by atoms with Gasteiger partial charge in [-0.05, 0) is 69.7 Å².